The summed E-state index contributed by atoms with van der Waals surface area (Å²) in [5.74, 6) is -0.981. The van der Waals surface area contributed by atoms with E-state index in [0.717, 1.165) is 24.9 Å². The number of anilines is 1. The zero-order chi connectivity index (χ0) is 14.8. The summed E-state index contributed by atoms with van der Waals surface area (Å²) in [5.41, 5.74) is 4.43. The smallest absolute Gasteiger partial charge is 0.328 e. The predicted octanol–water partition coefficient (Wildman–Crippen LogP) is 3.96. The molecule has 0 spiro atoms. The Labute approximate surface area is 128 Å². The highest BCUT2D eigenvalue weighted by atomic mass is 35.5. The van der Waals surface area contributed by atoms with Gasteiger partial charge in [-0.2, -0.15) is 0 Å². The van der Waals surface area contributed by atoms with Crippen molar-refractivity contribution in [2.24, 2.45) is 0 Å². The van der Waals surface area contributed by atoms with Crippen molar-refractivity contribution in [3.8, 4) is 0 Å². The van der Waals surface area contributed by atoms with E-state index in [-0.39, 0.29) is 0 Å². The highest BCUT2D eigenvalue weighted by molar-refractivity contribution is 6.32. The normalized spacial score (nSPS) is 13.7. The van der Waals surface area contributed by atoms with Crippen LogP contribution in [0.3, 0.4) is 0 Å². The largest absolute Gasteiger partial charge is 0.478 e. The fourth-order valence-electron chi connectivity index (χ4n) is 2.52. The van der Waals surface area contributed by atoms with Crippen LogP contribution in [0.4, 0.5) is 5.69 Å². The first-order valence-corrected chi connectivity index (χ1v) is 7.03. The number of nitrogens with zero attached hydrogens (tertiary/aromatic N) is 1. The van der Waals surface area contributed by atoms with Gasteiger partial charge in [0.1, 0.15) is 0 Å². The molecule has 0 atom stereocenters. The van der Waals surface area contributed by atoms with Crippen LogP contribution >= 0.6 is 11.6 Å². The first kappa shape index (κ1) is 13.7. The molecule has 0 radical (unpaired) electrons. The number of carboxylic acids is 1. The van der Waals surface area contributed by atoms with Crippen molar-refractivity contribution in [3.05, 3.63) is 70.3 Å². The van der Waals surface area contributed by atoms with Crippen molar-refractivity contribution in [1.29, 1.82) is 0 Å². The van der Waals surface area contributed by atoms with E-state index in [4.69, 9.17) is 16.7 Å². The number of hydrogen-bond donors (Lipinski definition) is 1. The van der Waals surface area contributed by atoms with Crippen LogP contribution in [0.1, 0.15) is 16.7 Å². The predicted molar refractivity (Wildman–Crippen MR) is 84.5 cm³/mol. The van der Waals surface area contributed by atoms with Crippen LogP contribution in [-0.4, -0.2) is 11.1 Å². The highest BCUT2D eigenvalue weighted by Crippen LogP contribution is 2.31. The quantitative estimate of drug-likeness (QED) is 0.872. The van der Waals surface area contributed by atoms with Crippen LogP contribution < -0.4 is 4.90 Å². The lowest BCUT2D eigenvalue weighted by Crippen LogP contribution is -2.14. The minimum atomic E-state index is -0.981. The molecular weight excluding hydrogens is 286 g/mol. The van der Waals surface area contributed by atoms with Gasteiger partial charge in [-0.25, -0.2) is 4.79 Å². The van der Waals surface area contributed by atoms with Gasteiger partial charge in [-0.15, -0.1) is 0 Å². The first-order valence-electron chi connectivity index (χ1n) is 6.66. The summed E-state index contributed by atoms with van der Waals surface area (Å²) in [6.45, 7) is 1.74. The molecule has 0 saturated heterocycles. The van der Waals surface area contributed by atoms with Crippen LogP contribution in [0.15, 0.2) is 48.5 Å². The number of benzene rings is 2. The van der Waals surface area contributed by atoms with E-state index in [9.17, 15) is 4.79 Å². The van der Waals surface area contributed by atoms with Gasteiger partial charge in [-0.3, -0.25) is 0 Å². The standard InChI is InChI=1S/C17H14ClNO2/c18-16-9-15(7-5-12(16)6-8-17(20)21)19-10-13-3-1-2-4-14(13)11-19/h1-9H,10-11H2,(H,20,21)/b8-6+. The first-order chi connectivity index (χ1) is 10.1. The molecule has 106 valence electrons. The van der Waals surface area contributed by atoms with Crippen molar-refractivity contribution >= 4 is 29.3 Å². The third-order valence-electron chi connectivity index (χ3n) is 3.60. The molecule has 0 amide bonds. The lowest BCUT2D eigenvalue weighted by Gasteiger charge is -2.18. The Bertz CT molecular complexity index is 699. The van der Waals surface area contributed by atoms with Crippen LogP contribution in [0.25, 0.3) is 6.08 Å². The zero-order valence-corrected chi connectivity index (χ0v) is 12.0. The molecule has 0 aliphatic carbocycles. The molecule has 3 nitrogen and oxygen atoms in total. The van der Waals surface area contributed by atoms with Crippen LogP contribution in [0, 0.1) is 0 Å². The molecule has 3 rings (SSSR count). The maximum atomic E-state index is 10.5. The second kappa shape index (κ2) is 5.62. The van der Waals surface area contributed by atoms with Crippen LogP contribution in [-0.2, 0) is 17.9 Å². The lowest BCUT2D eigenvalue weighted by atomic mass is 10.1. The number of rotatable bonds is 3. The van der Waals surface area contributed by atoms with E-state index >= 15 is 0 Å². The Hall–Kier alpha value is -2.26. The molecule has 0 fully saturated rings. The van der Waals surface area contributed by atoms with Gasteiger partial charge in [0.25, 0.3) is 0 Å². The highest BCUT2D eigenvalue weighted by Gasteiger charge is 2.18. The third kappa shape index (κ3) is 2.93. The Balaban J connectivity index is 1.82. The monoisotopic (exact) mass is 299 g/mol. The maximum Gasteiger partial charge on any atom is 0.328 e. The average molecular weight is 300 g/mol. The molecule has 4 heteroatoms. The summed E-state index contributed by atoms with van der Waals surface area (Å²) in [7, 11) is 0. The fourth-order valence-corrected chi connectivity index (χ4v) is 2.76. The molecule has 0 bridgehead atoms. The van der Waals surface area contributed by atoms with Gasteiger partial charge in [0.05, 0.1) is 0 Å². The van der Waals surface area contributed by atoms with Crippen LogP contribution in [0.2, 0.25) is 5.02 Å². The summed E-state index contributed by atoms with van der Waals surface area (Å²) >= 11 is 6.23. The number of aliphatic carboxylic acids is 1. The van der Waals surface area contributed by atoms with E-state index in [0.29, 0.717) is 10.6 Å². The number of carboxylic acid groups (broad SMARTS) is 1. The minimum Gasteiger partial charge on any atom is -0.478 e. The number of carbonyl (C=O) groups is 1. The van der Waals surface area contributed by atoms with E-state index in [1.807, 2.05) is 18.2 Å². The molecule has 1 aliphatic heterocycles. The summed E-state index contributed by atoms with van der Waals surface area (Å²) in [6.07, 6.45) is 2.60. The maximum absolute atomic E-state index is 10.5. The Morgan fingerprint density at radius 3 is 2.38 bits per heavy atom. The molecule has 1 N–H and O–H groups in total. The van der Waals surface area contributed by atoms with Gasteiger partial charge in [0, 0.05) is 29.9 Å². The average Bonchev–Trinajstić information content (AvgIpc) is 2.89. The molecule has 2 aromatic carbocycles. The van der Waals surface area contributed by atoms with Gasteiger partial charge < -0.3 is 10.0 Å². The Kier molecular flexibility index (Phi) is 3.67. The van der Waals surface area contributed by atoms with Crippen LogP contribution in [0.5, 0.6) is 0 Å². The van der Waals surface area contributed by atoms with Crippen molar-refractivity contribution in [3.63, 3.8) is 0 Å². The van der Waals surface area contributed by atoms with Gasteiger partial charge in [0.2, 0.25) is 0 Å². The number of hydrogen-bond acceptors (Lipinski definition) is 2. The summed E-state index contributed by atoms with van der Waals surface area (Å²) in [4.78, 5) is 12.8. The Morgan fingerprint density at radius 2 is 1.81 bits per heavy atom. The summed E-state index contributed by atoms with van der Waals surface area (Å²) < 4.78 is 0. The van der Waals surface area contributed by atoms with Crippen molar-refractivity contribution in [1.82, 2.24) is 0 Å². The number of fused-ring (bicyclic) bond motifs is 1. The molecule has 2 aromatic rings. The molecule has 1 heterocycles. The zero-order valence-electron chi connectivity index (χ0n) is 11.3. The molecule has 1 aliphatic rings. The second-order valence-corrected chi connectivity index (χ2v) is 5.41. The molecule has 0 aromatic heterocycles. The van der Waals surface area contributed by atoms with E-state index < -0.39 is 5.97 Å². The summed E-state index contributed by atoms with van der Waals surface area (Å²) in [5, 5.41) is 9.21. The van der Waals surface area contributed by atoms with Gasteiger partial charge >= 0.3 is 5.97 Å². The van der Waals surface area contributed by atoms with E-state index in [2.05, 4.69) is 29.2 Å². The molecule has 0 unspecified atom stereocenters. The topological polar surface area (TPSA) is 40.5 Å². The van der Waals surface area contributed by atoms with Crippen molar-refractivity contribution in [2.45, 2.75) is 13.1 Å². The second-order valence-electron chi connectivity index (χ2n) is 5.00. The lowest BCUT2D eigenvalue weighted by molar-refractivity contribution is -0.131. The minimum absolute atomic E-state index is 0.556. The van der Waals surface area contributed by atoms with Crippen molar-refractivity contribution < 1.29 is 9.90 Å². The van der Waals surface area contributed by atoms with E-state index in [1.54, 1.807) is 0 Å². The Morgan fingerprint density at radius 1 is 1.14 bits per heavy atom. The number of halogens is 1. The SMILES string of the molecule is O=C(O)/C=C/c1ccc(N2Cc3ccccc3C2)cc1Cl. The molecule has 0 saturated carbocycles. The van der Waals surface area contributed by atoms with Gasteiger partial charge in [-0.1, -0.05) is 41.9 Å². The van der Waals surface area contributed by atoms with Crippen molar-refractivity contribution in [2.75, 3.05) is 4.90 Å². The molecule has 21 heavy (non-hydrogen) atoms. The van der Waals surface area contributed by atoms with Gasteiger partial charge in [-0.05, 0) is 34.9 Å². The fraction of sp³-hybridized carbons (Fsp3) is 0.118. The van der Waals surface area contributed by atoms with Gasteiger partial charge in [0.15, 0.2) is 0 Å². The molecular formula is C17H14ClNO2. The third-order valence-corrected chi connectivity index (χ3v) is 3.92. The van der Waals surface area contributed by atoms with E-state index in [1.165, 1.54) is 17.2 Å². The summed E-state index contributed by atoms with van der Waals surface area (Å²) in [6, 6.07) is 14.1.